The summed E-state index contributed by atoms with van der Waals surface area (Å²) in [4.78, 5) is 22.2. The summed E-state index contributed by atoms with van der Waals surface area (Å²) in [5.74, 6) is -1.05. The number of fused-ring (bicyclic) bond motifs is 1. The van der Waals surface area contributed by atoms with E-state index in [0.717, 1.165) is 16.6 Å². The molecule has 0 aliphatic heterocycles. The number of H-pyrrole nitrogens is 1. The quantitative estimate of drug-likeness (QED) is 0.752. The van der Waals surface area contributed by atoms with Crippen molar-refractivity contribution in [2.45, 2.75) is 0 Å². The normalized spacial score (nSPS) is 10.8. The molecule has 0 saturated heterocycles. The fraction of sp³-hybridized carbons (Fsp3) is 0. The monoisotopic (exact) mass is 273 g/mol. The van der Waals surface area contributed by atoms with Crippen LogP contribution in [-0.2, 0) is 0 Å². The van der Waals surface area contributed by atoms with Crippen LogP contribution in [0.1, 0.15) is 10.4 Å². The van der Waals surface area contributed by atoms with Gasteiger partial charge in [-0.2, -0.15) is 0 Å². The zero-order chi connectivity index (χ0) is 13.4. The molecule has 94 valence electrons. The van der Waals surface area contributed by atoms with Crippen LogP contribution in [0.3, 0.4) is 0 Å². The van der Waals surface area contributed by atoms with Crippen molar-refractivity contribution < 1.29 is 9.90 Å². The van der Waals surface area contributed by atoms with Crippen LogP contribution in [0.25, 0.3) is 22.3 Å². The minimum Gasteiger partial charge on any atom is -0.478 e. The molecule has 3 aromatic rings. The molecule has 6 heteroatoms. The second-order valence-corrected chi connectivity index (χ2v) is 4.37. The first-order valence-corrected chi connectivity index (χ1v) is 5.86. The highest BCUT2D eigenvalue weighted by molar-refractivity contribution is 6.33. The Labute approximate surface area is 112 Å². The van der Waals surface area contributed by atoms with Gasteiger partial charge in [0.05, 0.1) is 16.3 Å². The van der Waals surface area contributed by atoms with Crippen LogP contribution in [0.15, 0.2) is 36.8 Å². The smallest absolute Gasteiger partial charge is 0.337 e. The molecule has 3 aromatic heterocycles. The van der Waals surface area contributed by atoms with Gasteiger partial charge in [0.15, 0.2) is 0 Å². The van der Waals surface area contributed by atoms with Crippen LogP contribution in [0, 0.1) is 0 Å². The lowest BCUT2D eigenvalue weighted by atomic mass is 10.1. The van der Waals surface area contributed by atoms with Gasteiger partial charge >= 0.3 is 5.97 Å². The first kappa shape index (κ1) is 11.7. The van der Waals surface area contributed by atoms with Crippen molar-refractivity contribution in [1.29, 1.82) is 0 Å². The van der Waals surface area contributed by atoms with E-state index in [1.807, 2.05) is 6.07 Å². The molecule has 0 aliphatic carbocycles. The van der Waals surface area contributed by atoms with Gasteiger partial charge < -0.3 is 10.1 Å². The number of halogens is 1. The standard InChI is InChI=1S/C13H8ClN3O2/c14-10-5-7(13(18)19)6-17-11(10)8-1-3-15-12-9(8)2-4-16-12/h1-6H,(H,15,16)(H,18,19). The number of nitrogens with one attached hydrogen (secondary N) is 1. The summed E-state index contributed by atoms with van der Waals surface area (Å²) in [5.41, 5.74) is 2.15. The van der Waals surface area contributed by atoms with E-state index in [0.29, 0.717) is 10.7 Å². The molecule has 3 rings (SSSR count). The highest BCUT2D eigenvalue weighted by Crippen LogP contribution is 2.31. The summed E-state index contributed by atoms with van der Waals surface area (Å²) < 4.78 is 0. The topological polar surface area (TPSA) is 78.9 Å². The number of carboxylic acids is 1. The van der Waals surface area contributed by atoms with Gasteiger partial charge in [0.2, 0.25) is 0 Å². The van der Waals surface area contributed by atoms with Gasteiger partial charge in [-0.25, -0.2) is 9.78 Å². The van der Waals surface area contributed by atoms with Gasteiger partial charge in [-0.3, -0.25) is 4.98 Å². The van der Waals surface area contributed by atoms with Crippen molar-refractivity contribution in [3.05, 3.63) is 47.4 Å². The van der Waals surface area contributed by atoms with Crippen LogP contribution in [-0.4, -0.2) is 26.0 Å². The number of hydrogen-bond acceptors (Lipinski definition) is 3. The lowest BCUT2D eigenvalue weighted by Gasteiger charge is -2.05. The average Bonchev–Trinajstić information content (AvgIpc) is 2.86. The summed E-state index contributed by atoms with van der Waals surface area (Å²) in [6.45, 7) is 0. The van der Waals surface area contributed by atoms with E-state index in [-0.39, 0.29) is 5.56 Å². The Morgan fingerprint density at radius 1 is 1.32 bits per heavy atom. The lowest BCUT2D eigenvalue weighted by molar-refractivity contribution is 0.0696. The van der Waals surface area contributed by atoms with E-state index in [4.69, 9.17) is 16.7 Å². The second-order valence-electron chi connectivity index (χ2n) is 3.96. The molecule has 5 nitrogen and oxygen atoms in total. The molecule has 19 heavy (non-hydrogen) atoms. The number of nitrogens with zero attached hydrogens (tertiary/aromatic N) is 2. The number of pyridine rings is 2. The summed E-state index contributed by atoms with van der Waals surface area (Å²) in [6, 6.07) is 5.07. The second kappa shape index (κ2) is 4.37. The van der Waals surface area contributed by atoms with E-state index < -0.39 is 5.97 Å². The molecule has 0 unspecified atom stereocenters. The van der Waals surface area contributed by atoms with Gasteiger partial charge in [0.1, 0.15) is 5.65 Å². The minimum atomic E-state index is -1.05. The van der Waals surface area contributed by atoms with Gasteiger partial charge in [-0.15, -0.1) is 0 Å². The zero-order valence-electron chi connectivity index (χ0n) is 9.59. The largest absolute Gasteiger partial charge is 0.478 e. The molecule has 0 radical (unpaired) electrons. The first-order chi connectivity index (χ1) is 9.16. The summed E-state index contributed by atoms with van der Waals surface area (Å²) in [6.07, 6.45) is 4.72. The highest BCUT2D eigenvalue weighted by atomic mass is 35.5. The van der Waals surface area contributed by atoms with Gasteiger partial charge in [0, 0.05) is 29.5 Å². The Kier molecular flexibility index (Phi) is 2.68. The molecule has 0 fully saturated rings. The SMILES string of the molecule is O=C(O)c1cnc(-c2ccnc3[nH]ccc23)c(Cl)c1. The third-order valence-electron chi connectivity index (χ3n) is 2.80. The molecule has 3 heterocycles. The number of hydrogen-bond donors (Lipinski definition) is 2. The summed E-state index contributed by atoms with van der Waals surface area (Å²) in [5, 5.41) is 10.1. The van der Waals surface area contributed by atoms with Gasteiger partial charge in [0.25, 0.3) is 0 Å². The molecule has 0 aromatic carbocycles. The van der Waals surface area contributed by atoms with Crippen LogP contribution in [0.2, 0.25) is 5.02 Å². The fourth-order valence-electron chi connectivity index (χ4n) is 1.92. The van der Waals surface area contributed by atoms with Crippen LogP contribution >= 0.6 is 11.6 Å². The average molecular weight is 274 g/mol. The maximum atomic E-state index is 10.9. The predicted molar refractivity (Wildman–Crippen MR) is 71.3 cm³/mol. The van der Waals surface area contributed by atoms with Crippen molar-refractivity contribution in [2.75, 3.05) is 0 Å². The molecule has 0 bridgehead atoms. The predicted octanol–water partition coefficient (Wildman–Crippen LogP) is 2.98. The van der Waals surface area contributed by atoms with Crippen LogP contribution in [0.5, 0.6) is 0 Å². The first-order valence-electron chi connectivity index (χ1n) is 5.48. The summed E-state index contributed by atoms with van der Waals surface area (Å²) >= 11 is 6.12. The minimum absolute atomic E-state index is 0.0631. The molecule has 0 saturated carbocycles. The van der Waals surface area contributed by atoms with Gasteiger partial charge in [-0.1, -0.05) is 11.6 Å². The number of aromatic carboxylic acids is 1. The van der Waals surface area contributed by atoms with E-state index in [1.165, 1.54) is 12.3 Å². The Hall–Kier alpha value is -2.40. The van der Waals surface area contributed by atoms with Gasteiger partial charge in [-0.05, 0) is 18.2 Å². The lowest BCUT2D eigenvalue weighted by Crippen LogP contribution is -1.98. The Morgan fingerprint density at radius 3 is 2.89 bits per heavy atom. The maximum absolute atomic E-state index is 10.9. The molecule has 2 N–H and O–H groups in total. The Balaban J connectivity index is 2.22. The van der Waals surface area contributed by atoms with Crippen molar-refractivity contribution in [2.24, 2.45) is 0 Å². The fourth-order valence-corrected chi connectivity index (χ4v) is 2.19. The third kappa shape index (κ3) is 1.94. The third-order valence-corrected chi connectivity index (χ3v) is 3.09. The number of aromatic nitrogens is 3. The molecule has 0 aliphatic rings. The zero-order valence-corrected chi connectivity index (χ0v) is 10.3. The van der Waals surface area contributed by atoms with Crippen LogP contribution < -0.4 is 0 Å². The summed E-state index contributed by atoms with van der Waals surface area (Å²) in [7, 11) is 0. The molecule has 0 amide bonds. The number of rotatable bonds is 2. The van der Waals surface area contributed by atoms with E-state index in [1.54, 1.807) is 18.5 Å². The molecular weight excluding hydrogens is 266 g/mol. The van der Waals surface area contributed by atoms with Crippen LogP contribution in [0.4, 0.5) is 0 Å². The molecule has 0 spiro atoms. The number of carboxylic acid groups (broad SMARTS) is 1. The van der Waals surface area contributed by atoms with E-state index >= 15 is 0 Å². The van der Waals surface area contributed by atoms with Crippen molar-refractivity contribution in [3.8, 4) is 11.3 Å². The van der Waals surface area contributed by atoms with Crippen molar-refractivity contribution in [3.63, 3.8) is 0 Å². The Morgan fingerprint density at radius 2 is 2.16 bits per heavy atom. The van der Waals surface area contributed by atoms with Crippen molar-refractivity contribution in [1.82, 2.24) is 15.0 Å². The Bertz CT molecular complexity index is 782. The van der Waals surface area contributed by atoms with Crippen molar-refractivity contribution >= 4 is 28.6 Å². The molecule has 0 atom stereocenters. The number of aromatic amines is 1. The van der Waals surface area contributed by atoms with E-state index in [2.05, 4.69) is 15.0 Å². The maximum Gasteiger partial charge on any atom is 0.337 e. The highest BCUT2D eigenvalue weighted by Gasteiger charge is 2.13. The molecular formula is C13H8ClN3O2. The number of carbonyl (C=O) groups is 1. The van der Waals surface area contributed by atoms with E-state index in [9.17, 15) is 4.79 Å².